The number of benzene rings is 2. The van der Waals surface area contributed by atoms with Crippen LogP contribution in [0.2, 0.25) is 0 Å². The lowest BCUT2D eigenvalue weighted by Crippen LogP contribution is -2.42. The third-order valence-electron chi connectivity index (χ3n) is 12.1. The van der Waals surface area contributed by atoms with Crippen LogP contribution < -0.4 is 5.32 Å². The van der Waals surface area contributed by atoms with Gasteiger partial charge in [0.1, 0.15) is 11.4 Å². The molecule has 0 atom stereocenters. The number of Topliss-reactive ketones (excluding diaryl/α,β-unsaturated/α-hetero) is 1. The highest BCUT2D eigenvalue weighted by Gasteiger charge is 2.23. The van der Waals surface area contributed by atoms with Gasteiger partial charge in [-0.15, -0.1) is 0 Å². The minimum atomic E-state index is -0.211. The van der Waals surface area contributed by atoms with E-state index in [1.54, 1.807) is 0 Å². The number of nitrogens with zero attached hydrogens (tertiary/aromatic N) is 6. The Balaban J connectivity index is 0.889. The molecule has 2 aromatic heterocycles. The fourth-order valence-electron chi connectivity index (χ4n) is 8.51. The van der Waals surface area contributed by atoms with E-state index in [2.05, 4.69) is 56.1 Å². The smallest absolute Gasteiger partial charge is 0.274 e. The summed E-state index contributed by atoms with van der Waals surface area (Å²) in [6.45, 7) is 19.2. The summed E-state index contributed by atoms with van der Waals surface area (Å²) in [5.41, 5.74) is 11.3. The molecule has 11 heteroatoms. The number of fused-ring (bicyclic) bond motifs is 2. The molecule has 2 saturated heterocycles. The molecule has 0 bridgehead atoms. The molecular formula is C45H55N7O4. The number of ketones is 1. The van der Waals surface area contributed by atoms with Gasteiger partial charge in [-0.05, 0) is 71.0 Å². The molecule has 4 aliphatic rings. The van der Waals surface area contributed by atoms with Gasteiger partial charge in [0, 0.05) is 115 Å². The molecule has 1 N–H and O–H groups in total. The van der Waals surface area contributed by atoms with Crippen LogP contribution in [0, 0.1) is 13.8 Å². The standard InChI is InChI=1S/C45H55N7O4/c1-32-34(29-44(53)42-11-9-35-30-51(15-13-40(35)46-42)19-17-49-21-25-55-26-22-49)5-3-6-37(32)38-7-4-8-39(33(38)2)48-45(54)43-12-10-36-31-52(16-14-41(36)47-43)20-18-50-23-27-56-28-24-50/h3-12H,13-31H2,1-2H3,(H,48,54). The molecule has 0 aliphatic carbocycles. The molecule has 11 nitrogen and oxygen atoms in total. The Morgan fingerprint density at radius 2 is 1.12 bits per heavy atom. The van der Waals surface area contributed by atoms with Gasteiger partial charge in [-0.2, -0.15) is 0 Å². The van der Waals surface area contributed by atoms with Crippen LogP contribution in [0.1, 0.15) is 60.2 Å². The van der Waals surface area contributed by atoms with Crippen molar-refractivity contribution >= 4 is 17.4 Å². The number of hydrogen-bond donors (Lipinski definition) is 1. The van der Waals surface area contributed by atoms with Crippen molar-refractivity contribution in [3.05, 3.63) is 111 Å². The Morgan fingerprint density at radius 1 is 0.607 bits per heavy atom. The molecule has 0 radical (unpaired) electrons. The highest BCUT2D eigenvalue weighted by atomic mass is 16.5. The second-order valence-electron chi connectivity index (χ2n) is 15.7. The van der Waals surface area contributed by atoms with Gasteiger partial charge < -0.3 is 14.8 Å². The molecule has 4 aromatic rings. The van der Waals surface area contributed by atoms with E-state index in [0.717, 1.165) is 163 Å². The predicted molar refractivity (Wildman–Crippen MR) is 218 cm³/mol. The highest BCUT2D eigenvalue weighted by Crippen LogP contribution is 2.33. The van der Waals surface area contributed by atoms with Gasteiger partial charge >= 0.3 is 0 Å². The maximum Gasteiger partial charge on any atom is 0.274 e. The van der Waals surface area contributed by atoms with Crippen LogP contribution in [0.15, 0.2) is 60.7 Å². The minimum absolute atomic E-state index is 0.0266. The maximum absolute atomic E-state index is 13.7. The largest absolute Gasteiger partial charge is 0.379 e. The third-order valence-corrected chi connectivity index (χ3v) is 12.1. The van der Waals surface area contributed by atoms with Gasteiger partial charge in [-0.3, -0.25) is 29.2 Å². The third kappa shape index (κ3) is 9.09. The number of carbonyl (C=O) groups is 2. The minimum Gasteiger partial charge on any atom is -0.379 e. The van der Waals surface area contributed by atoms with Crippen molar-refractivity contribution in [3.63, 3.8) is 0 Å². The fourth-order valence-corrected chi connectivity index (χ4v) is 8.51. The number of morpholine rings is 2. The maximum atomic E-state index is 13.7. The number of ether oxygens (including phenoxy) is 2. The number of anilines is 1. The SMILES string of the molecule is Cc1c(CC(=O)c2ccc3c(n2)CCN(CCN2CCOCC2)C3)cccc1-c1cccc(NC(=O)c2ccc3c(n2)CCN(CCN2CCOCC2)C3)c1C. The number of carbonyl (C=O) groups excluding carboxylic acids is 2. The van der Waals surface area contributed by atoms with Crippen molar-refractivity contribution in [1.29, 1.82) is 0 Å². The van der Waals surface area contributed by atoms with E-state index >= 15 is 0 Å². The van der Waals surface area contributed by atoms with E-state index in [-0.39, 0.29) is 18.1 Å². The van der Waals surface area contributed by atoms with Crippen LogP contribution in [0.4, 0.5) is 5.69 Å². The molecule has 4 aliphatic heterocycles. The summed E-state index contributed by atoms with van der Waals surface area (Å²) >= 11 is 0. The van der Waals surface area contributed by atoms with Crippen molar-refractivity contribution < 1.29 is 19.1 Å². The average Bonchev–Trinajstić information content (AvgIpc) is 3.24. The van der Waals surface area contributed by atoms with Gasteiger partial charge in [0.15, 0.2) is 5.78 Å². The van der Waals surface area contributed by atoms with Crippen molar-refractivity contribution in [2.75, 3.05) is 97.2 Å². The molecular weight excluding hydrogens is 703 g/mol. The Kier molecular flexibility index (Phi) is 12.3. The number of amides is 1. The van der Waals surface area contributed by atoms with Crippen LogP contribution in [-0.4, -0.2) is 133 Å². The zero-order valence-electron chi connectivity index (χ0n) is 33.0. The molecule has 0 unspecified atom stereocenters. The van der Waals surface area contributed by atoms with Crippen molar-refractivity contribution in [2.45, 2.75) is 46.2 Å². The molecule has 8 rings (SSSR count). The number of hydrogen-bond acceptors (Lipinski definition) is 10. The van der Waals surface area contributed by atoms with Crippen molar-refractivity contribution in [1.82, 2.24) is 29.6 Å². The first-order valence-electron chi connectivity index (χ1n) is 20.4. The Bertz CT molecular complexity index is 1900. The van der Waals surface area contributed by atoms with E-state index in [1.807, 2.05) is 43.3 Å². The first-order valence-corrected chi connectivity index (χ1v) is 20.4. The van der Waals surface area contributed by atoms with Gasteiger partial charge in [0.2, 0.25) is 0 Å². The molecule has 0 spiro atoms. The average molecular weight is 758 g/mol. The van der Waals surface area contributed by atoms with E-state index < -0.39 is 0 Å². The number of nitrogens with one attached hydrogen (secondary N) is 1. The quantitative estimate of drug-likeness (QED) is 0.203. The summed E-state index contributed by atoms with van der Waals surface area (Å²) in [6, 6.07) is 20.1. The van der Waals surface area contributed by atoms with Gasteiger partial charge in [0.25, 0.3) is 5.91 Å². The molecule has 56 heavy (non-hydrogen) atoms. The fraction of sp³-hybridized carbons (Fsp3) is 0.467. The van der Waals surface area contributed by atoms with Crippen molar-refractivity contribution in [2.24, 2.45) is 0 Å². The molecule has 1 amide bonds. The van der Waals surface area contributed by atoms with E-state index in [0.29, 0.717) is 11.4 Å². The second kappa shape index (κ2) is 17.8. The molecule has 0 saturated carbocycles. The normalized spacial score (nSPS) is 18.3. The first kappa shape index (κ1) is 38.5. The zero-order chi connectivity index (χ0) is 38.4. The van der Waals surface area contributed by atoms with E-state index in [4.69, 9.17) is 19.4 Å². The second-order valence-corrected chi connectivity index (χ2v) is 15.7. The summed E-state index contributed by atoms with van der Waals surface area (Å²) in [4.78, 5) is 46.8. The molecule has 2 aromatic carbocycles. The van der Waals surface area contributed by atoms with Crippen LogP contribution >= 0.6 is 0 Å². The molecule has 6 heterocycles. The number of rotatable bonds is 12. The Morgan fingerprint density at radius 3 is 1.73 bits per heavy atom. The summed E-state index contributed by atoms with van der Waals surface area (Å²) < 4.78 is 11.0. The summed E-state index contributed by atoms with van der Waals surface area (Å²) in [5, 5.41) is 3.15. The van der Waals surface area contributed by atoms with Crippen molar-refractivity contribution in [3.8, 4) is 11.1 Å². The van der Waals surface area contributed by atoms with Crippen LogP contribution in [0.25, 0.3) is 11.1 Å². The lowest BCUT2D eigenvalue weighted by molar-refractivity contribution is 0.0326. The predicted octanol–water partition coefficient (Wildman–Crippen LogP) is 4.82. The zero-order valence-corrected chi connectivity index (χ0v) is 33.0. The van der Waals surface area contributed by atoms with E-state index in [1.165, 1.54) is 11.1 Å². The summed E-state index contributed by atoms with van der Waals surface area (Å²) in [6.07, 6.45) is 1.98. The van der Waals surface area contributed by atoms with Crippen LogP contribution in [0.5, 0.6) is 0 Å². The molecule has 2 fully saturated rings. The monoisotopic (exact) mass is 757 g/mol. The lowest BCUT2D eigenvalue weighted by Gasteiger charge is -2.32. The van der Waals surface area contributed by atoms with Crippen LogP contribution in [0.3, 0.4) is 0 Å². The summed E-state index contributed by atoms with van der Waals surface area (Å²) in [7, 11) is 0. The number of aromatic nitrogens is 2. The summed E-state index contributed by atoms with van der Waals surface area (Å²) in [5.74, 6) is -0.184. The Labute approximate surface area is 331 Å². The van der Waals surface area contributed by atoms with Crippen LogP contribution in [-0.2, 0) is 41.8 Å². The van der Waals surface area contributed by atoms with E-state index in [9.17, 15) is 9.59 Å². The van der Waals surface area contributed by atoms with Gasteiger partial charge in [-0.1, -0.05) is 42.5 Å². The van der Waals surface area contributed by atoms with Gasteiger partial charge in [0.05, 0.1) is 26.4 Å². The number of pyridine rings is 2. The highest BCUT2D eigenvalue weighted by molar-refractivity contribution is 6.04. The van der Waals surface area contributed by atoms with Gasteiger partial charge in [-0.25, -0.2) is 9.97 Å². The Hall–Kier alpha value is -4.36. The topological polar surface area (TPSA) is 103 Å². The lowest BCUT2D eigenvalue weighted by atomic mass is 9.91. The first-order chi connectivity index (χ1) is 27.4. The molecule has 294 valence electrons.